The Kier molecular flexibility index (Phi) is 4.72. The van der Waals surface area contributed by atoms with Gasteiger partial charge in [-0.2, -0.15) is 0 Å². The smallest absolute Gasteiger partial charge is 0.175 e. The molecule has 0 saturated heterocycles. The fraction of sp³-hybridized carbons (Fsp3) is 0.105. The summed E-state index contributed by atoms with van der Waals surface area (Å²) in [4.78, 5) is 4.57. The molecule has 128 valence electrons. The molecule has 0 atom stereocenters. The Morgan fingerprint density at radius 1 is 1.00 bits per heavy atom. The summed E-state index contributed by atoms with van der Waals surface area (Å²) in [6.45, 7) is 0. The van der Waals surface area contributed by atoms with Crippen LogP contribution >= 0.6 is 0 Å². The summed E-state index contributed by atoms with van der Waals surface area (Å²) in [6, 6.07) is 18.2. The normalized spacial score (nSPS) is 11.1. The molecule has 0 spiro atoms. The van der Waals surface area contributed by atoms with Crippen molar-refractivity contribution in [1.29, 1.82) is 0 Å². The van der Waals surface area contributed by atoms with E-state index in [1.165, 1.54) is 6.26 Å². The minimum absolute atomic E-state index is 0.262. The van der Waals surface area contributed by atoms with E-state index in [0.717, 1.165) is 16.9 Å². The molecule has 5 nitrogen and oxygen atoms in total. The predicted molar refractivity (Wildman–Crippen MR) is 99.1 cm³/mol. The van der Waals surface area contributed by atoms with Crippen molar-refractivity contribution in [1.82, 2.24) is 4.98 Å². The Bertz CT molecular complexity index is 1000. The van der Waals surface area contributed by atoms with Gasteiger partial charge in [0, 0.05) is 23.7 Å². The highest BCUT2D eigenvalue weighted by Crippen LogP contribution is 2.31. The lowest BCUT2D eigenvalue weighted by Crippen LogP contribution is -1.99. The molecule has 0 saturated carbocycles. The lowest BCUT2D eigenvalue weighted by molar-refractivity contribution is 0.416. The van der Waals surface area contributed by atoms with E-state index >= 15 is 0 Å². The first-order valence-electron chi connectivity index (χ1n) is 7.64. The van der Waals surface area contributed by atoms with Gasteiger partial charge in [0.15, 0.2) is 9.84 Å². The molecule has 0 aliphatic carbocycles. The van der Waals surface area contributed by atoms with E-state index in [4.69, 9.17) is 4.74 Å². The average molecular weight is 354 g/mol. The monoisotopic (exact) mass is 354 g/mol. The van der Waals surface area contributed by atoms with Crippen molar-refractivity contribution >= 4 is 21.3 Å². The Balaban J connectivity index is 1.93. The van der Waals surface area contributed by atoms with Crippen LogP contribution in [0.25, 0.3) is 11.1 Å². The quantitative estimate of drug-likeness (QED) is 0.752. The van der Waals surface area contributed by atoms with Crippen LogP contribution in [-0.4, -0.2) is 26.8 Å². The number of methoxy groups -OCH3 is 1. The number of hydrogen-bond donors (Lipinski definition) is 1. The number of pyridine rings is 1. The number of nitrogens with one attached hydrogen (secondary N) is 1. The third-order valence-electron chi connectivity index (χ3n) is 3.71. The molecule has 0 bridgehead atoms. The molecule has 0 fully saturated rings. The van der Waals surface area contributed by atoms with Crippen molar-refractivity contribution in [2.45, 2.75) is 4.90 Å². The predicted octanol–water partition coefficient (Wildman–Crippen LogP) is 3.90. The third-order valence-corrected chi connectivity index (χ3v) is 4.82. The first-order chi connectivity index (χ1) is 12.0. The second-order valence-electron chi connectivity index (χ2n) is 5.56. The molecule has 1 N–H and O–H groups in total. The van der Waals surface area contributed by atoms with Gasteiger partial charge in [-0.3, -0.25) is 0 Å². The molecule has 6 heteroatoms. The summed E-state index contributed by atoms with van der Waals surface area (Å²) < 4.78 is 28.8. The Morgan fingerprint density at radius 2 is 1.80 bits per heavy atom. The number of aromatic nitrogens is 1. The van der Waals surface area contributed by atoms with Crippen molar-refractivity contribution < 1.29 is 13.2 Å². The zero-order valence-corrected chi connectivity index (χ0v) is 14.7. The van der Waals surface area contributed by atoms with Crippen LogP contribution in [0.15, 0.2) is 71.8 Å². The first kappa shape index (κ1) is 17.0. The van der Waals surface area contributed by atoms with Gasteiger partial charge in [-0.25, -0.2) is 13.4 Å². The SMILES string of the molecule is COc1ccccc1-c1ccnc(Nc2cccc(S(C)(=O)=O)c2)c1. The largest absolute Gasteiger partial charge is 0.496 e. The van der Waals surface area contributed by atoms with E-state index in [0.29, 0.717) is 11.5 Å². The van der Waals surface area contributed by atoms with Gasteiger partial charge in [0.1, 0.15) is 11.6 Å². The summed E-state index contributed by atoms with van der Waals surface area (Å²) in [5, 5.41) is 3.15. The molecule has 3 aromatic rings. The second kappa shape index (κ2) is 6.94. The van der Waals surface area contributed by atoms with Gasteiger partial charge in [-0.05, 0) is 42.0 Å². The topological polar surface area (TPSA) is 68.3 Å². The van der Waals surface area contributed by atoms with Gasteiger partial charge in [0.25, 0.3) is 0 Å². The molecule has 0 unspecified atom stereocenters. The molecular formula is C19H18N2O3S. The molecule has 1 heterocycles. The van der Waals surface area contributed by atoms with Gasteiger partial charge in [0.05, 0.1) is 12.0 Å². The van der Waals surface area contributed by atoms with Crippen molar-refractivity contribution in [3.05, 3.63) is 66.9 Å². The lowest BCUT2D eigenvalue weighted by atomic mass is 10.1. The van der Waals surface area contributed by atoms with Crippen LogP contribution in [0, 0.1) is 0 Å². The number of para-hydroxylation sites is 1. The molecule has 2 aromatic carbocycles. The number of sulfone groups is 1. The minimum Gasteiger partial charge on any atom is -0.496 e. The summed E-state index contributed by atoms with van der Waals surface area (Å²) >= 11 is 0. The molecule has 1 aromatic heterocycles. The maximum absolute atomic E-state index is 11.7. The highest BCUT2D eigenvalue weighted by molar-refractivity contribution is 7.90. The fourth-order valence-electron chi connectivity index (χ4n) is 2.50. The number of hydrogen-bond acceptors (Lipinski definition) is 5. The molecule has 0 amide bonds. The highest BCUT2D eigenvalue weighted by Gasteiger charge is 2.09. The van der Waals surface area contributed by atoms with E-state index in [9.17, 15) is 8.42 Å². The van der Waals surface area contributed by atoms with Gasteiger partial charge in [0.2, 0.25) is 0 Å². The van der Waals surface area contributed by atoms with Crippen molar-refractivity contribution in [2.24, 2.45) is 0 Å². The molecule has 0 aliphatic rings. The number of rotatable bonds is 5. The van der Waals surface area contributed by atoms with Gasteiger partial charge in [-0.1, -0.05) is 24.3 Å². The molecular weight excluding hydrogens is 336 g/mol. The van der Waals surface area contributed by atoms with Gasteiger partial charge < -0.3 is 10.1 Å². The molecule has 3 rings (SSSR count). The van der Waals surface area contributed by atoms with Crippen LogP contribution in [-0.2, 0) is 9.84 Å². The molecule has 0 radical (unpaired) electrons. The Labute approximate surface area is 147 Å². The van der Waals surface area contributed by atoms with Crippen LogP contribution in [0.4, 0.5) is 11.5 Å². The van der Waals surface area contributed by atoms with E-state index in [2.05, 4.69) is 10.3 Å². The van der Waals surface area contributed by atoms with Crippen molar-refractivity contribution in [3.63, 3.8) is 0 Å². The van der Waals surface area contributed by atoms with Crippen LogP contribution in [0.3, 0.4) is 0 Å². The second-order valence-corrected chi connectivity index (χ2v) is 7.57. The average Bonchev–Trinajstić information content (AvgIpc) is 2.61. The molecule has 0 aliphatic heterocycles. The summed E-state index contributed by atoms with van der Waals surface area (Å²) in [5.74, 6) is 1.40. The van der Waals surface area contributed by atoms with E-state index in [1.807, 2.05) is 36.4 Å². The van der Waals surface area contributed by atoms with E-state index in [-0.39, 0.29) is 4.90 Å². The van der Waals surface area contributed by atoms with E-state index in [1.54, 1.807) is 37.6 Å². The maximum atomic E-state index is 11.7. The standard InChI is InChI=1S/C19H18N2O3S/c1-24-18-9-4-3-8-17(18)14-10-11-20-19(12-14)21-15-6-5-7-16(13-15)25(2,22)23/h3-13H,1-2H3,(H,20,21). The van der Waals surface area contributed by atoms with Gasteiger partial charge >= 0.3 is 0 Å². The lowest BCUT2D eigenvalue weighted by Gasteiger charge is -2.11. The minimum atomic E-state index is -3.25. The number of nitrogens with zero attached hydrogens (tertiary/aromatic N) is 1. The van der Waals surface area contributed by atoms with Crippen molar-refractivity contribution in [3.8, 4) is 16.9 Å². The van der Waals surface area contributed by atoms with Crippen LogP contribution in [0.2, 0.25) is 0 Å². The highest BCUT2D eigenvalue weighted by atomic mass is 32.2. The first-order valence-corrected chi connectivity index (χ1v) is 9.53. The van der Waals surface area contributed by atoms with Gasteiger partial charge in [-0.15, -0.1) is 0 Å². The van der Waals surface area contributed by atoms with E-state index < -0.39 is 9.84 Å². The maximum Gasteiger partial charge on any atom is 0.175 e. The third kappa shape index (κ3) is 3.97. The Hall–Kier alpha value is -2.86. The molecule has 25 heavy (non-hydrogen) atoms. The van der Waals surface area contributed by atoms with Crippen LogP contribution in [0.5, 0.6) is 5.75 Å². The number of ether oxygens (including phenoxy) is 1. The van der Waals surface area contributed by atoms with Crippen LogP contribution < -0.4 is 10.1 Å². The number of anilines is 2. The Morgan fingerprint density at radius 3 is 2.56 bits per heavy atom. The zero-order valence-electron chi connectivity index (χ0n) is 13.9. The fourth-order valence-corrected chi connectivity index (χ4v) is 3.17. The zero-order chi connectivity index (χ0) is 17.9. The summed E-state index contributed by atoms with van der Waals surface area (Å²) in [7, 11) is -1.62. The summed E-state index contributed by atoms with van der Waals surface area (Å²) in [6.07, 6.45) is 2.89. The number of benzene rings is 2. The summed E-state index contributed by atoms with van der Waals surface area (Å²) in [5.41, 5.74) is 2.57. The van der Waals surface area contributed by atoms with Crippen LogP contribution in [0.1, 0.15) is 0 Å². The van der Waals surface area contributed by atoms with Crippen molar-refractivity contribution in [2.75, 3.05) is 18.7 Å².